The molecule has 0 atom stereocenters. The van der Waals surface area contributed by atoms with Gasteiger partial charge in [-0.15, -0.1) is 0 Å². The normalized spacial score (nSPS) is 11.2. The molecule has 0 aliphatic heterocycles. The van der Waals surface area contributed by atoms with Gasteiger partial charge in [0.1, 0.15) is 0 Å². The van der Waals surface area contributed by atoms with E-state index in [2.05, 4.69) is 4.72 Å². The molecule has 0 aromatic heterocycles. The number of methoxy groups -OCH3 is 1. The van der Waals surface area contributed by atoms with Crippen LogP contribution < -0.4 is 4.72 Å². The number of nitrogens with one attached hydrogen (secondary N) is 1. The summed E-state index contributed by atoms with van der Waals surface area (Å²) in [5.74, 6) is -0.256. The molecule has 3 rings (SSSR count). The first-order chi connectivity index (χ1) is 14.9. The molecule has 1 amide bonds. The van der Waals surface area contributed by atoms with Gasteiger partial charge in [0.25, 0.3) is 15.9 Å². The lowest BCUT2D eigenvalue weighted by Gasteiger charge is -2.23. The van der Waals surface area contributed by atoms with Crippen molar-refractivity contribution < 1.29 is 17.9 Å². The van der Waals surface area contributed by atoms with Crippen LogP contribution in [0, 0.1) is 6.92 Å². The highest BCUT2D eigenvalue weighted by Crippen LogP contribution is 2.19. The molecule has 0 bridgehead atoms. The van der Waals surface area contributed by atoms with E-state index >= 15 is 0 Å². The van der Waals surface area contributed by atoms with Gasteiger partial charge in [0.15, 0.2) is 0 Å². The van der Waals surface area contributed by atoms with Gasteiger partial charge in [-0.05, 0) is 42.8 Å². The number of anilines is 1. The summed E-state index contributed by atoms with van der Waals surface area (Å²) >= 11 is 0. The van der Waals surface area contributed by atoms with Crippen LogP contribution >= 0.6 is 0 Å². The number of benzene rings is 3. The number of amides is 1. The van der Waals surface area contributed by atoms with E-state index in [0.29, 0.717) is 30.9 Å². The number of hydrogen-bond donors (Lipinski definition) is 1. The lowest BCUT2D eigenvalue weighted by atomic mass is 10.1. The van der Waals surface area contributed by atoms with Gasteiger partial charge < -0.3 is 9.64 Å². The Kier molecular flexibility index (Phi) is 7.44. The molecule has 7 heteroatoms. The van der Waals surface area contributed by atoms with Crippen LogP contribution in [0.4, 0.5) is 5.69 Å². The lowest BCUT2D eigenvalue weighted by molar-refractivity contribution is 0.0680. The van der Waals surface area contributed by atoms with Crippen molar-refractivity contribution in [2.45, 2.75) is 18.4 Å². The highest BCUT2D eigenvalue weighted by Gasteiger charge is 2.20. The van der Waals surface area contributed by atoms with Gasteiger partial charge in [0, 0.05) is 31.5 Å². The third-order valence-corrected chi connectivity index (χ3v) is 6.14. The van der Waals surface area contributed by atoms with E-state index < -0.39 is 10.0 Å². The van der Waals surface area contributed by atoms with Crippen molar-refractivity contribution in [3.8, 4) is 0 Å². The topological polar surface area (TPSA) is 75.7 Å². The Morgan fingerprint density at radius 2 is 1.68 bits per heavy atom. The molecule has 0 radical (unpaired) electrons. The number of nitrogens with zero attached hydrogens (tertiary/aromatic N) is 1. The molecule has 1 N–H and O–H groups in total. The largest absolute Gasteiger partial charge is 0.383 e. The van der Waals surface area contributed by atoms with E-state index in [1.54, 1.807) is 36.3 Å². The average Bonchev–Trinajstić information content (AvgIpc) is 2.78. The van der Waals surface area contributed by atoms with Crippen LogP contribution in [0.1, 0.15) is 21.5 Å². The summed E-state index contributed by atoms with van der Waals surface area (Å²) in [6, 6.07) is 22.8. The lowest BCUT2D eigenvalue weighted by Crippen LogP contribution is -2.33. The first-order valence-electron chi connectivity index (χ1n) is 9.91. The molecule has 0 unspecified atom stereocenters. The minimum atomic E-state index is -3.83. The first kappa shape index (κ1) is 22.5. The van der Waals surface area contributed by atoms with Crippen LogP contribution in [0.25, 0.3) is 0 Å². The van der Waals surface area contributed by atoms with E-state index in [9.17, 15) is 13.2 Å². The van der Waals surface area contributed by atoms with Crippen molar-refractivity contribution in [3.63, 3.8) is 0 Å². The number of ether oxygens (including phenoxy) is 1. The van der Waals surface area contributed by atoms with E-state index in [1.807, 2.05) is 49.4 Å². The number of carbonyl (C=O) groups is 1. The first-order valence-corrected chi connectivity index (χ1v) is 11.4. The minimum absolute atomic E-state index is 0.0327. The highest BCUT2D eigenvalue weighted by molar-refractivity contribution is 7.92. The number of hydrogen-bond acceptors (Lipinski definition) is 4. The number of sulfonamides is 1. The molecule has 3 aromatic carbocycles. The Labute approximate surface area is 183 Å². The van der Waals surface area contributed by atoms with Crippen LogP contribution in [-0.2, 0) is 21.3 Å². The van der Waals surface area contributed by atoms with Crippen molar-refractivity contribution in [1.82, 2.24) is 4.90 Å². The SMILES string of the molecule is COCCN(Cc1ccccc1)C(=O)c1cccc(S(=O)(=O)Nc2ccc(C)cc2)c1. The third kappa shape index (κ3) is 6.16. The van der Waals surface area contributed by atoms with E-state index in [1.165, 1.54) is 12.1 Å². The maximum absolute atomic E-state index is 13.2. The standard InChI is InChI=1S/C24H26N2O4S/c1-19-11-13-22(14-12-19)25-31(28,29)23-10-6-9-21(17-23)24(27)26(15-16-30-2)18-20-7-4-3-5-8-20/h3-14,17,25H,15-16,18H2,1-2H3. The Morgan fingerprint density at radius 1 is 0.968 bits per heavy atom. The minimum Gasteiger partial charge on any atom is -0.383 e. The van der Waals surface area contributed by atoms with Crippen LogP contribution in [-0.4, -0.2) is 39.5 Å². The highest BCUT2D eigenvalue weighted by atomic mass is 32.2. The molecule has 0 saturated heterocycles. The Balaban J connectivity index is 1.83. The quantitative estimate of drug-likeness (QED) is 0.546. The van der Waals surface area contributed by atoms with Crippen LogP contribution in [0.3, 0.4) is 0 Å². The molecular formula is C24H26N2O4S. The molecule has 6 nitrogen and oxygen atoms in total. The van der Waals surface area contributed by atoms with Gasteiger partial charge in [-0.1, -0.05) is 54.1 Å². The molecule has 162 valence electrons. The summed E-state index contributed by atoms with van der Waals surface area (Å²) in [7, 11) is -2.25. The smallest absolute Gasteiger partial charge is 0.261 e. The van der Waals surface area contributed by atoms with E-state index in [0.717, 1.165) is 11.1 Å². The maximum Gasteiger partial charge on any atom is 0.261 e. The van der Waals surface area contributed by atoms with Gasteiger partial charge in [-0.25, -0.2) is 8.42 Å². The van der Waals surface area contributed by atoms with Gasteiger partial charge >= 0.3 is 0 Å². The maximum atomic E-state index is 13.2. The second-order valence-electron chi connectivity index (χ2n) is 7.20. The zero-order chi connectivity index (χ0) is 22.3. The van der Waals surface area contributed by atoms with Gasteiger partial charge in [-0.3, -0.25) is 9.52 Å². The fourth-order valence-corrected chi connectivity index (χ4v) is 4.18. The summed E-state index contributed by atoms with van der Waals surface area (Å²) in [5, 5.41) is 0. The molecular weight excluding hydrogens is 412 g/mol. The summed E-state index contributed by atoms with van der Waals surface area (Å²) in [6.45, 7) is 3.11. The predicted molar refractivity (Wildman–Crippen MR) is 121 cm³/mol. The Bertz CT molecular complexity index is 1110. The second kappa shape index (κ2) is 10.2. The van der Waals surface area contributed by atoms with Crippen molar-refractivity contribution in [1.29, 1.82) is 0 Å². The predicted octanol–water partition coefficient (Wildman–Crippen LogP) is 4.08. The molecule has 0 saturated carbocycles. The molecule has 0 spiro atoms. The van der Waals surface area contributed by atoms with E-state index in [4.69, 9.17) is 4.74 Å². The fourth-order valence-electron chi connectivity index (χ4n) is 3.07. The monoisotopic (exact) mass is 438 g/mol. The van der Waals surface area contributed by atoms with Gasteiger partial charge in [-0.2, -0.15) is 0 Å². The summed E-state index contributed by atoms with van der Waals surface area (Å²) < 4.78 is 33.4. The van der Waals surface area contributed by atoms with Crippen molar-refractivity contribution >= 4 is 21.6 Å². The molecule has 0 heterocycles. The third-order valence-electron chi connectivity index (χ3n) is 4.76. The van der Waals surface area contributed by atoms with Gasteiger partial charge in [0.2, 0.25) is 0 Å². The van der Waals surface area contributed by atoms with Gasteiger partial charge in [0.05, 0.1) is 11.5 Å². The molecule has 3 aromatic rings. The zero-order valence-electron chi connectivity index (χ0n) is 17.6. The van der Waals surface area contributed by atoms with Crippen LogP contribution in [0.15, 0.2) is 83.8 Å². The molecule has 0 aliphatic carbocycles. The summed E-state index contributed by atoms with van der Waals surface area (Å²) in [4.78, 5) is 14.9. The number of carbonyl (C=O) groups excluding carboxylic acids is 1. The van der Waals surface area contributed by atoms with Crippen LogP contribution in [0.5, 0.6) is 0 Å². The van der Waals surface area contributed by atoms with Crippen molar-refractivity contribution in [2.75, 3.05) is 25.0 Å². The molecule has 0 fully saturated rings. The van der Waals surface area contributed by atoms with Crippen molar-refractivity contribution in [3.05, 3.63) is 95.6 Å². The Hall–Kier alpha value is -3.16. The number of rotatable bonds is 9. The molecule has 31 heavy (non-hydrogen) atoms. The number of aryl methyl sites for hydroxylation is 1. The van der Waals surface area contributed by atoms with Crippen molar-refractivity contribution in [2.24, 2.45) is 0 Å². The van der Waals surface area contributed by atoms with Crippen LogP contribution in [0.2, 0.25) is 0 Å². The fraction of sp³-hybridized carbons (Fsp3) is 0.208. The second-order valence-corrected chi connectivity index (χ2v) is 8.89. The molecule has 0 aliphatic rings. The summed E-state index contributed by atoms with van der Waals surface area (Å²) in [5.41, 5.74) is 2.79. The zero-order valence-corrected chi connectivity index (χ0v) is 18.4. The Morgan fingerprint density at radius 3 is 2.35 bits per heavy atom. The average molecular weight is 439 g/mol. The summed E-state index contributed by atoms with van der Waals surface area (Å²) in [6.07, 6.45) is 0. The van der Waals surface area contributed by atoms with E-state index in [-0.39, 0.29) is 10.8 Å².